The van der Waals surface area contributed by atoms with Crippen LogP contribution >= 0.6 is 0 Å². The van der Waals surface area contributed by atoms with Crippen LogP contribution in [-0.2, 0) is 12.8 Å². The first-order valence-corrected chi connectivity index (χ1v) is 10.1. The molecule has 0 radical (unpaired) electrons. The molecule has 0 unspecified atom stereocenters. The van der Waals surface area contributed by atoms with E-state index in [4.69, 9.17) is 10.5 Å². The first-order valence-electron chi connectivity index (χ1n) is 10.1. The number of fused-ring (bicyclic) bond motifs is 1. The molecule has 0 aliphatic rings. The molecule has 0 saturated heterocycles. The van der Waals surface area contributed by atoms with Crippen LogP contribution in [0.1, 0.15) is 27.2 Å². The summed E-state index contributed by atoms with van der Waals surface area (Å²) in [6.45, 7) is 1.78. The van der Waals surface area contributed by atoms with E-state index in [2.05, 4.69) is 10.3 Å². The quantitative estimate of drug-likeness (QED) is 0.392. The van der Waals surface area contributed by atoms with E-state index >= 15 is 0 Å². The molecule has 1 aromatic heterocycles. The average Bonchev–Trinajstić information content (AvgIpc) is 2.78. The van der Waals surface area contributed by atoms with Crippen molar-refractivity contribution in [2.75, 3.05) is 11.1 Å². The highest BCUT2D eigenvalue weighted by Crippen LogP contribution is 2.31. The number of carbonyl (C=O) groups is 1. The number of benzene rings is 3. The molecule has 0 spiro atoms. The van der Waals surface area contributed by atoms with Gasteiger partial charge < -0.3 is 15.8 Å². The van der Waals surface area contributed by atoms with E-state index in [-0.39, 0.29) is 18.3 Å². The smallest absolute Gasteiger partial charge is 0.416 e. The molecule has 3 aromatic carbocycles. The first-order chi connectivity index (χ1) is 15.7. The Morgan fingerprint density at radius 1 is 1.03 bits per heavy atom. The van der Waals surface area contributed by atoms with Crippen molar-refractivity contribution in [2.45, 2.75) is 19.7 Å². The van der Waals surface area contributed by atoms with Crippen molar-refractivity contribution in [1.82, 2.24) is 4.98 Å². The number of aromatic nitrogens is 1. The monoisotopic (exact) mass is 451 g/mol. The van der Waals surface area contributed by atoms with E-state index < -0.39 is 11.7 Å². The fourth-order valence-electron chi connectivity index (χ4n) is 3.46. The Hall–Kier alpha value is -4.07. The van der Waals surface area contributed by atoms with Gasteiger partial charge in [-0.15, -0.1) is 0 Å². The van der Waals surface area contributed by atoms with Crippen molar-refractivity contribution in [3.63, 3.8) is 0 Å². The van der Waals surface area contributed by atoms with Gasteiger partial charge in [-0.3, -0.25) is 9.78 Å². The Morgan fingerprint density at radius 3 is 2.61 bits per heavy atom. The number of ether oxygens (including phenoxy) is 1. The van der Waals surface area contributed by atoms with Gasteiger partial charge in [0.25, 0.3) is 5.91 Å². The number of halogens is 3. The second-order valence-electron chi connectivity index (χ2n) is 7.51. The number of hydrogen-bond acceptors (Lipinski definition) is 4. The predicted octanol–water partition coefficient (Wildman–Crippen LogP) is 5.98. The minimum atomic E-state index is -4.46. The van der Waals surface area contributed by atoms with E-state index in [0.717, 1.165) is 28.7 Å². The second-order valence-corrected chi connectivity index (χ2v) is 7.51. The molecular formula is C25H20F3N3O2. The Morgan fingerprint density at radius 2 is 1.82 bits per heavy atom. The van der Waals surface area contributed by atoms with Gasteiger partial charge in [0.1, 0.15) is 12.4 Å². The van der Waals surface area contributed by atoms with Gasteiger partial charge in [-0.25, -0.2) is 0 Å². The molecule has 0 bridgehead atoms. The zero-order valence-electron chi connectivity index (χ0n) is 17.6. The maximum Gasteiger partial charge on any atom is 0.416 e. The lowest BCUT2D eigenvalue weighted by Crippen LogP contribution is -2.15. The summed E-state index contributed by atoms with van der Waals surface area (Å²) in [5.74, 6) is -0.316. The summed E-state index contributed by atoms with van der Waals surface area (Å²) in [6.07, 6.45) is -4.46. The Labute approximate surface area is 188 Å². The Balaban J connectivity index is 1.53. The third kappa shape index (κ3) is 5.06. The number of alkyl halides is 3. The summed E-state index contributed by atoms with van der Waals surface area (Å²) < 4.78 is 44.3. The summed E-state index contributed by atoms with van der Waals surface area (Å²) in [5.41, 5.74) is 8.78. The number of rotatable bonds is 5. The number of anilines is 2. The van der Waals surface area contributed by atoms with Crippen LogP contribution < -0.4 is 15.8 Å². The molecule has 8 heteroatoms. The van der Waals surface area contributed by atoms with Gasteiger partial charge in [0.05, 0.1) is 11.1 Å². The van der Waals surface area contributed by atoms with Crippen molar-refractivity contribution >= 4 is 28.2 Å². The second kappa shape index (κ2) is 8.82. The lowest BCUT2D eigenvalue weighted by Gasteiger charge is -2.13. The van der Waals surface area contributed by atoms with Gasteiger partial charge in [-0.2, -0.15) is 13.2 Å². The molecule has 0 aliphatic heterocycles. The summed E-state index contributed by atoms with van der Waals surface area (Å²) in [4.78, 5) is 17.4. The van der Waals surface area contributed by atoms with Crippen molar-refractivity contribution in [3.05, 3.63) is 95.2 Å². The summed E-state index contributed by atoms with van der Waals surface area (Å²) in [6, 6.07) is 18.4. The normalized spacial score (nSPS) is 11.4. The van der Waals surface area contributed by atoms with Crippen LogP contribution in [0.4, 0.5) is 24.5 Å². The third-order valence-electron chi connectivity index (χ3n) is 5.04. The zero-order chi connectivity index (χ0) is 23.6. The van der Waals surface area contributed by atoms with E-state index in [0.29, 0.717) is 22.5 Å². The van der Waals surface area contributed by atoms with Gasteiger partial charge in [0.2, 0.25) is 0 Å². The number of nitrogen functional groups attached to an aromatic ring is 1. The van der Waals surface area contributed by atoms with Crippen LogP contribution in [0.15, 0.2) is 72.8 Å². The highest BCUT2D eigenvalue weighted by molar-refractivity contribution is 6.06. The molecule has 4 rings (SSSR count). The van der Waals surface area contributed by atoms with E-state index in [9.17, 15) is 18.0 Å². The van der Waals surface area contributed by atoms with Crippen LogP contribution in [0.5, 0.6) is 5.75 Å². The van der Waals surface area contributed by atoms with Crippen LogP contribution in [-0.4, -0.2) is 10.9 Å². The van der Waals surface area contributed by atoms with Crippen LogP contribution in [0.3, 0.4) is 0 Å². The highest BCUT2D eigenvalue weighted by atomic mass is 19.4. The SMILES string of the molecule is Cc1cc(N)c2cc(NC(=O)c3ccccc3COc3cccc(C(F)(F)F)c3)ccc2n1. The average molecular weight is 451 g/mol. The Kier molecular flexibility index (Phi) is 5.91. The highest BCUT2D eigenvalue weighted by Gasteiger charge is 2.30. The van der Waals surface area contributed by atoms with Crippen molar-refractivity contribution in [2.24, 2.45) is 0 Å². The van der Waals surface area contributed by atoms with Crippen molar-refractivity contribution < 1.29 is 22.7 Å². The minimum absolute atomic E-state index is 0.0628. The fraction of sp³-hybridized carbons (Fsp3) is 0.120. The maximum atomic E-state index is 12.9. The molecule has 4 aromatic rings. The first kappa shape index (κ1) is 22.1. The molecule has 0 fully saturated rings. The standard InChI is InChI=1S/C25H20F3N3O2/c1-15-11-22(29)21-13-18(9-10-23(21)30-15)31-24(32)20-8-3-2-5-16(20)14-33-19-7-4-6-17(12-19)25(26,27)28/h2-13H,14H2,1H3,(H2,29,30)(H,31,32). The number of nitrogens with two attached hydrogens (primary N) is 1. The summed E-state index contributed by atoms with van der Waals surface area (Å²) in [7, 11) is 0. The van der Waals surface area contributed by atoms with E-state index in [1.165, 1.54) is 12.1 Å². The third-order valence-corrected chi connectivity index (χ3v) is 5.04. The van der Waals surface area contributed by atoms with E-state index in [1.807, 2.05) is 6.92 Å². The maximum absolute atomic E-state index is 12.9. The topological polar surface area (TPSA) is 77.2 Å². The molecule has 0 aliphatic carbocycles. The van der Waals surface area contributed by atoms with Gasteiger partial charge in [-0.1, -0.05) is 24.3 Å². The van der Waals surface area contributed by atoms with Gasteiger partial charge in [0.15, 0.2) is 0 Å². The fourth-order valence-corrected chi connectivity index (χ4v) is 3.46. The number of amides is 1. The van der Waals surface area contributed by atoms with E-state index in [1.54, 1.807) is 48.5 Å². The van der Waals surface area contributed by atoms with Gasteiger partial charge >= 0.3 is 6.18 Å². The minimum Gasteiger partial charge on any atom is -0.489 e. The van der Waals surface area contributed by atoms with Crippen LogP contribution in [0.25, 0.3) is 10.9 Å². The molecular weight excluding hydrogens is 431 g/mol. The Bertz CT molecular complexity index is 1340. The number of nitrogens with one attached hydrogen (secondary N) is 1. The molecule has 33 heavy (non-hydrogen) atoms. The predicted molar refractivity (Wildman–Crippen MR) is 121 cm³/mol. The number of nitrogens with zero attached hydrogens (tertiary/aromatic N) is 1. The van der Waals surface area contributed by atoms with Crippen molar-refractivity contribution in [3.8, 4) is 5.75 Å². The van der Waals surface area contributed by atoms with Crippen molar-refractivity contribution in [1.29, 1.82) is 0 Å². The molecule has 0 saturated carbocycles. The van der Waals surface area contributed by atoms with Gasteiger partial charge in [0, 0.05) is 33.6 Å². The lowest BCUT2D eigenvalue weighted by atomic mass is 10.1. The number of carbonyl (C=O) groups excluding carboxylic acids is 1. The molecule has 0 atom stereocenters. The number of aryl methyl sites for hydroxylation is 1. The molecule has 168 valence electrons. The number of pyridine rings is 1. The zero-order valence-corrected chi connectivity index (χ0v) is 17.6. The molecule has 3 N–H and O–H groups in total. The largest absolute Gasteiger partial charge is 0.489 e. The molecule has 5 nitrogen and oxygen atoms in total. The van der Waals surface area contributed by atoms with Crippen LogP contribution in [0, 0.1) is 6.92 Å². The lowest BCUT2D eigenvalue weighted by molar-refractivity contribution is -0.137. The molecule has 1 amide bonds. The summed E-state index contributed by atoms with van der Waals surface area (Å²) in [5, 5.41) is 3.56. The van der Waals surface area contributed by atoms with Gasteiger partial charge in [-0.05, 0) is 55.5 Å². The molecule has 1 heterocycles. The summed E-state index contributed by atoms with van der Waals surface area (Å²) >= 11 is 0. The van der Waals surface area contributed by atoms with Crippen LogP contribution in [0.2, 0.25) is 0 Å². The number of hydrogen-bond donors (Lipinski definition) is 2.